The number of imidazole rings is 1. The number of aryl methyl sites for hydroxylation is 1. The topological polar surface area (TPSA) is 79.4 Å². The number of hydrogen-bond donors (Lipinski definition) is 2. The van der Waals surface area contributed by atoms with Crippen molar-refractivity contribution in [1.29, 1.82) is 0 Å². The van der Waals surface area contributed by atoms with E-state index in [1.54, 1.807) is 12.0 Å². The third-order valence-corrected chi connectivity index (χ3v) is 6.14. The van der Waals surface area contributed by atoms with Gasteiger partial charge in [0, 0.05) is 35.4 Å². The number of benzene rings is 2. The van der Waals surface area contributed by atoms with Crippen LogP contribution in [0.4, 0.5) is 10.5 Å². The van der Waals surface area contributed by atoms with Gasteiger partial charge in [0.05, 0.1) is 18.1 Å². The van der Waals surface area contributed by atoms with Crippen LogP contribution in [0.3, 0.4) is 0 Å². The number of aromatic nitrogens is 2. The Morgan fingerprint density at radius 2 is 2.00 bits per heavy atom. The molecule has 2 aromatic carbocycles. The molecule has 1 fully saturated rings. The molecule has 0 aliphatic carbocycles. The maximum Gasteiger partial charge on any atom is 0.326 e. The van der Waals surface area contributed by atoms with Gasteiger partial charge < -0.3 is 19.9 Å². The molecule has 29 heavy (non-hydrogen) atoms. The minimum atomic E-state index is -0.136. The quantitative estimate of drug-likeness (QED) is 0.614. The Morgan fingerprint density at radius 3 is 2.72 bits per heavy atom. The predicted octanol–water partition coefficient (Wildman–Crippen LogP) is 4.28. The second kappa shape index (κ2) is 7.94. The molecule has 7 nitrogen and oxygen atoms in total. The average Bonchev–Trinajstić information content (AvgIpc) is 3.07. The van der Waals surface area contributed by atoms with E-state index in [0.29, 0.717) is 18.8 Å². The van der Waals surface area contributed by atoms with Crippen molar-refractivity contribution in [1.82, 2.24) is 14.5 Å². The molecule has 1 aromatic heterocycles. The number of hydrogen-bond acceptors (Lipinski definition) is 3. The molecule has 0 bridgehead atoms. The molecular weight excluding hydrogens is 436 g/mol. The van der Waals surface area contributed by atoms with Crippen molar-refractivity contribution < 1.29 is 9.53 Å². The Bertz CT molecular complexity index is 1110. The third-order valence-electron chi connectivity index (χ3n) is 5.48. The van der Waals surface area contributed by atoms with Crippen LogP contribution in [0.1, 0.15) is 24.4 Å². The van der Waals surface area contributed by atoms with Gasteiger partial charge >= 0.3 is 11.7 Å². The zero-order chi connectivity index (χ0) is 20.5. The number of nitrogens with zero attached hydrogens (tertiary/aromatic N) is 2. The van der Waals surface area contributed by atoms with Crippen LogP contribution in [0.25, 0.3) is 11.0 Å². The number of amides is 2. The molecule has 8 heteroatoms. The molecule has 0 saturated carbocycles. The number of anilines is 1. The van der Waals surface area contributed by atoms with Crippen molar-refractivity contribution in [3.05, 3.63) is 56.9 Å². The van der Waals surface area contributed by atoms with Gasteiger partial charge in [-0.1, -0.05) is 12.1 Å². The van der Waals surface area contributed by atoms with Gasteiger partial charge in [0.2, 0.25) is 0 Å². The van der Waals surface area contributed by atoms with E-state index in [9.17, 15) is 9.59 Å². The Morgan fingerprint density at radius 1 is 1.24 bits per heavy atom. The highest BCUT2D eigenvalue weighted by Crippen LogP contribution is 2.28. The second-order valence-electron chi connectivity index (χ2n) is 7.27. The molecule has 3 aromatic rings. The first-order valence-electron chi connectivity index (χ1n) is 9.57. The van der Waals surface area contributed by atoms with Crippen LogP contribution < -0.4 is 15.7 Å². The van der Waals surface area contributed by atoms with Gasteiger partial charge in [-0.05, 0) is 59.5 Å². The number of urea groups is 1. The summed E-state index contributed by atoms with van der Waals surface area (Å²) in [6, 6.07) is 11.3. The summed E-state index contributed by atoms with van der Waals surface area (Å²) in [6.07, 6.45) is 1.45. The number of nitrogens with one attached hydrogen (secondary N) is 2. The van der Waals surface area contributed by atoms with E-state index in [0.717, 1.165) is 39.7 Å². The molecule has 1 saturated heterocycles. The molecule has 2 N–H and O–H groups in total. The Labute approximate surface area is 176 Å². The number of piperidine rings is 1. The molecule has 2 heterocycles. The highest BCUT2D eigenvalue weighted by molar-refractivity contribution is 9.10. The molecule has 2 amide bonds. The van der Waals surface area contributed by atoms with Gasteiger partial charge in [0.15, 0.2) is 0 Å². The Kier molecular flexibility index (Phi) is 5.36. The summed E-state index contributed by atoms with van der Waals surface area (Å²) in [4.78, 5) is 29.9. The monoisotopic (exact) mass is 458 g/mol. The number of methoxy groups -OCH3 is 1. The maximum absolute atomic E-state index is 12.7. The fourth-order valence-corrected chi connectivity index (χ4v) is 4.36. The van der Waals surface area contributed by atoms with E-state index in [-0.39, 0.29) is 17.8 Å². The SMILES string of the molecule is COc1cc(NC(=O)N2CCC(n3c(=O)[nH]c4c(Br)cccc43)CC2)ccc1C. The number of likely N-dealkylation sites (tertiary alicyclic amines) is 1. The van der Waals surface area contributed by atoms with E-state index in [2.05, 4.69) is 26.2 Å². The third kappa shape index (κ3) is 3.76. The molecular formula is C21H23BrN4O3. The van der Waals surface area contributed by atoms with E-state index < -0.39 is 0 Å². The van der Waals surface area contributed by atoms with Gasteiger partial charge in [-0.15, -0.1) is 0 Å². The molecule has 1 aliphatic heterocycles. The van der Waals surface area contributed by atoms with E-state index in [4.69, 9.17) is 4.74 Å². The summed E-state index contributed by atoms with van der Waals surface area (Å²) >= 11 is 3.49. The lowest BCUT2D eigenvalue weighted by molar-refractivity contribution is 0.184. The second-order valence-corrected chi connectivity index (χ2v) is 8.12. The molecule has 0 spiro atoms. The fourth-order valence-electron chi connectivity index (χ4n) is 3.90. The summed E-state index contributed by atoms with van der Waals surface area (Å²) in [7, 11) is 1.61. The number of rotatable bonds is 3. The van der Waals surface area contributed by atoms with Crippen molar-refractivity contribution in [2.24, 2.45) is 0 Å². The van der Waals surface area contributed by atoms with Crippen LogP contribution in [-0.4, -0.2) is 40.7 Å². The number of carbonyl (C=O) groups excluding carboxylic acids is 1. The number of para-hydroxylation sites is 1. The first kappa shape index (κ1) is 19.6. The lowest BCUT2D eigenvalue weighted by Crippen LogP contribution is -2.42. The summed E-state index contributed by atoms with van der Waals surface area (Å²) in [5.41, 5.74) is 3.31. The van der Waals surface area contributed by atoms with Gasteiger partial charge in [0.25, 0.3) is 0 Å². The highest BCUT2D eigenvalue weighted by Gasteiger charge is 2.26. The first-order valence-corrected chi connectivity index (χ1v) is 10.4. The molecule has 1 aliphatic rings. The molecule has 0 atom stereocenters. The summed E-state index contributed by atoms with van der Waals surface area (Å²) in [5.74, 6) is 0.742. The minimum absolute atomic E-state index is 0.0640. The van der Waals surface area contributed by atoms with Crippen LogP contribution in [-0.2, 0) is 0 Å². The Balaban J connectivity index is 1.45. The van der Waals surface area contributed by atoms with Crippen LogP contribution in [0.15, 0.2) is 45.7 Å². The van der Waals surface area contributed by atoms with Gasteiger partial charge in [-0.3, -0.25) is 4.57 Å². The maximum atomic E-state index is 12.7. The molecule has 0 unspecified atom stereocenters. The highest BCUT2D eigenvalue weighted by atomic mass is 79.9. The zero-order valence-corrected chi connectivity index (χ0v) is 18.0. The predicted molar refractivity (Wildman–Crippen MR) is 117 cm³/mol. The average molecular weight is 459 g/mol. The lowest BCUT2D eigenvalue weighted by Gasteiger charge is -2.32. The van der Waals surface area contributed by atoms with Crippen molar-refractivity contribution in [3.63, 3.8) is 0 Å². The van der Waals surface area contributed by atoms with Gasteiger partial charge in [-0.2, -0.15) is 0 Å². The van der Waals surface area contributed by atoms with Gasteiger partial charge in [0.1, 0.15) is 5.75 Å². The first-order chi connectivity index (χ1) is 14.0. The van der Waals surface area contributed by atoms with Crippen LogP contribution in [0.5, 0.6) is 5.75 Å². The van der Waals surface area contributed by atoms with Crippen molar-refractivity contribution in [2.75, 3.05) is 25.5 Å². The van der Waals surface area contributed by atoms with Gasteiger partial charge in [-0.25, -0.2) is 9.59 Å². The van der Waals surface area contributed by atoms with Crippen molar-refractivity contribution in [2.45, 2.75) is 25.8 Å². The molecule has 4 rings (SSSR count). The van der Waals surface area contributed by atoms with E-state index in [1.807, 2.05) is 47.9 Å². The number of aromatic amines is 1. The lowest BCUT2D eigenvalue weighted by atomic mass is 10.0. The van der Waals surface area contributed by atoms with Crippen molar-refractivity contribution >= 4 is 38.7 Å². The number of ether oxygens (including phenoxy) is 1. The van der Waals surface area contributed by atoms with Crippen LogP contribution in [0, 0.1) is 6.92 Å². The van der Waals surface area contributed by atoms with Crippen LogP contribution in [0.2, 0.25) is 0 Å². The van der Waals surface area contributed by atoms with E-state index in [1.165, 1.54) is 0 Å². The molecule has 0 radical (unpaired) electrons. The summed E-state index contributed by atoms with van der Waals surface area (Å²) < 4.78 is 8.01. The zero-order valence-electron chi connectivity index (χ0n) is 16.4. The normalized spacial score (nSPS) is 14.9. The summed E-state index contributed by atoms with van der Waals surface area (Å²) in [5, 5.41) is 2.94. The molecule has 152 valence electrons. The van der Waals surface area contributed by atoms with Crippen molar-refractivity contribution in [3.8, 4) is 5.75 Å². The fraction of sp³-hybridized carbons (Fsp3) is 0.333. The largest absolute Gasteiger partial charge is 0.496 e. The smallest absolute Gasteiger partial charge is 0.326 e. The number of carbonyl (C=O) groups is 1. The van der Waals surface area contributed by atoms with E-state index >= 15 is 0 Å². The Hall–Kier alpha value is -2.74. The number of H-pyrrole nitrogens is 1. The minimum Gasteiger partial charge on any atom is -0.496 e. The number of halogens is 1. The number of fused-ring (bicyclic) bond motifs is 1. The van der Waals surface area contributed by atoms with Crippen LogP contribution >= 0.6 is 15.9 Å². The summed E-state index contributed by atoms with van der Waals surface area (Å²) in [6.45, 7) is 3.14. The standard InChI is InChI=1S/C21H23BrN4O3/c1-13-6-7-14(12-18(13)29-2)23-20(27)25-10-8-15(9-11-25)26-17-5-3-4-16(22)19(17)24-21(26)28/h3-7,12,15H,8-11H2,1-2H3,(H,23,27)(H,24,28).